The number of hydrogen-bond donors (Lipinski definition) is 1. The molecule has 0 amide bonds. The van der Waals surface area contributed by atoms with Crippen LogP contribution in [0.1, 0.15) is 30.9 Å². The molecule has 0 spiro atoms. The first-order valence-electron chi connectivity index (χ1n) is 6.25. The summed E-state index contributed by atoms with van der Waals surface area (Å²) in [5.74, 6) is -0.355. The normalized spacial score (nSPS) is 22.3. The summed E-state index contributed by atoms with van der Waals surface area (Å²) >= 11 is 0. The number of benzene rings is 1. The van der Waals surface area contributed by atoms with Crippen LogP contribution >= 0.6 is 0 Å². The fourth-order valence-corrected chi connectivity index (χ4v) is 2.18. The van der Waals surface area contributed by atoms with Gasteiger partial charge in [0.05, 0.1) is 17.7 Å². The van der Waals surface area contributed by atoms with Crippen LogP contribution in [0.15, 0.2) is 18.2 Å². The number of nitrogens with zero attached hydrogens (tertiary/aromatic N) is 1. The highest BCUT2D eigenvalue weighted by molar-refractivity contribution is 5.33. The standard InChI is InChI=1S/C14H17FN2O/c1-2-18-14-6-13(7-14)17-9-11-3-10(8-16)4-12(15)5-11/h3-5,13-14,17H,2,6-7,9H2,1H3. The monoisotopic (exact) mass is 248 g/mol. The molecule has 0 unspecified atom stereocenters. The molecule has 4 heteroatoms. The van der Waals surface area contributed by atoms with E-state index in [-0.39, 0.29) is 5.82 Å². The molecule has 0 bridgehead atoms. The van der Waals surface area contributed by atoms with Crippen LogP contribution in [0.25, 0.3) is 0 Å². The molecule has 0 atom stereocenters. The lowest BCUT2D eigenvalue weighted by atomic mass is 9.89. The van der Waals surface area contributed by atoms with Crippen molar-refractivity contribution in [3.8, 4) is 6.07 Å². The second-order valence-electron chi connectivity index (χ2n) is 4.59. The van der Waals surface area contributed by atoms with Crippen molar-refractivity contribution in [2.24, 2.45) is 0 Å². The average molecular weight is 248 g/mol. The summed E-state index contributed by atoms with van der Waals surface area (Å²) in [5.41, 5.74) is 1.18. The molecule has 0 radical (unpaired) electrons. The quantitative estimate of drug-likeness (QED) is 0.870. The van der Waals surface area contributed by atoms with E-state index in [1.807, 2.05) is 13.0 Å². The van der Waals surface area contributed by atoms with Crippen LogP contribution in [-0.4, -0.2) is 18.8 Å². The number of rotatable bonds is 5. The zero-order valence-corrected chi connectivity index (χ0v) is 10.4. The van der Waals surface area contributed by atoms with Crippen molar-refractivity contribution in [3.05, 3.63) is 35.1 Å². The van der Waals surface area contributed by atoms with Crippen molar-refractivity contribution in [2.75, 3.05) is 6.61 Å². The number of nitrogens with one attached hydrogen (secondary N) is 1. The maximum Gasteiger partial charge on any atom is 0.124 e. The summed E-state index contributed by atoms with van der Waals surface area (Å²) in [6.45, 7) is 3.35. The largest absolute Gasteiger partial charge is 0.378 e. The Morgan fingerprint density at radius 3 is 2.89 bits per heavy atom. The van der Waals surface area contributed by atoms with Crippen molar-refractivity contribution >= 4 is 0 Å². The maximum atomic E-state index is 13.2. The Bertz CT molecular complexity index is 450. The highest BCUT2D eigenvalue weighted by Crippen LogP contribution is 2.23. The van der Waals surface area contributed by atoms with Crippen LogP contribution in [0.5, 0.6) is 0 Å². The lowest BCUT2D eigenvalue weighted by Gasteiger charge is -2.35. The van der Waals surface area contributed by atoms with E-state index in [2.05, 4.69) is 5.32 Å². The van der Waals surface area contributed by atoms with Gasteiger partial charge in [0, 0.05) is 19.2 Å². The van der Waals surface area contributed by atoms with Crippen molar-refractivity contribution < 1.29 is 9.13 Å². The molecule has 1 aliphatic carbocycles. The van der Waals surface area contributed by atoms with E-state index in [1.165, 1.54) is 12.1 Å². The van der Waals surface area contributed by atoms with Gasteiger partial charge in [-0.15, -0.1) is 0 Å². The Morgan fingerprint density at radius 2 is 2.22 bits per heavy atom. The molecule has 0 aromatic heterocycles. The third-order valence-corrected chi connectivity index (χ3v) is 3.18. The third kappa shape index (κ3) is 3.28. The van der Waals surface area contributed by atoms with Gasteiger partial charge in [0.1, 0.15) is 5.82 Å². The molecular formula is C14H17FN2O. The summed E-state index contributed by atoms with van der Waals surface area (Å²) < 4.78 is 18.7. The molecule has 1 aliphatic rings. The molecule has 96 valence electrons. The molecule has 1 N–H and O–H groups in total. The SMILES string of the molecule is CCOC1CC(NCc2cc(F)cc(C#N)c2)C1. The highest BCUT2D eigenvalue weighted by atomic mass is 19.1. The molecule has 1 saturated carbocycles. The molecule has 18 heavy (non-hydrogen) atoms. The van der Waals surface area contributed by atoms with Crippen LogP contribution in [0, 0.1) is 17.1 Å². The van der Waals surface area contributed by atoms with E-state index in [0.29, 0.717) is 24.3 Å². The summed E-state index contributed by atoms with van der Waals surface area (Å²) in [6, 6.07) is 6.83. The van der Waals surface area contributed by atoms with Crippen LogP contribution < -0.4 is 5.32 Å². The van der Waals surface area contributed by atoms with Crippen LogP contribution in [0.2, 0.25) is 0 Å². The zero-order chi connectivity index (χ0) is 13.0. The topological polar surface area (TPSA) is 45.0 Å². The molecule has 0 aliphatic heterocycles. The van der Waals surface area contributed by atoms with Crippen molar-refractivity contribution in [2.45, 2.75) is 38.5 Å². The number of nitriles is 1. The molecule has 0 heterocycles. The molecule has 1 aromatic rings. The zero-order valence-electron chi connectivity index (χ0n) is 10.4. The molecule has 1 aromatic carbocycles. The minimum atomic E-state index is -0.355. The molecule has 2 rings (SSSR count). The second-order valence-corrected chi connectivity index (χ2v) is 4.59. The summed E-state index contributed by atoms with van der Waals surface area (Å²) in [5, 5.41) is 12.1. The molecule has 0 saturated heterocycles. The van der Waals surface area contributed by atoms with E-state index < -0.39 is 0 Å². The van der Waals surface area contributed by atoms with E-state index in [4.69, 9.17) is 10.00 Å². The summed E-state index contributed by atoms with van der Waals surface area (Å²) in [7, 11) is 0. The van der Waals surface area contributed by atoms with Crippen LogP contribution in [0.4, 0.5) is 4.39 Å². The van der Waals surface area contributed by atoms with E-state index >= 15 is 0 Å². The first-order chi connectivity index (χ1) is 8.71. The maximum absolute atomic E-state index is 13.2. The molecular weight excluding hydrogens is 231 g/mol. The lowest BCUT2D eigenvalue weighted by molar-refractivity contribution is -0.0102. The number of halogens is 1. The van der Waals surface area contributed by atoms with Gasteiger partial charge in [-0.1, -0.05) is 0 Å². The van der Waals surface area contributed by atoms with Gasteiger partial charge in [-0.3, -0.25) is 0 Å². The highest BCUT2D eigenvalue weighted by Gasteiger charge is 2.28. The summed E-state index contributed by atoms with van der Waals surface area (Å²) in [4.78, 5) is 0. The van der Waals surface area contributed by atoms with E-state index in [0.717, 1.165) is 25.0 Å². The van der Waals surface area contributed by atoms with Crippen LogP contribution in [0.3, 0.4) is 0 Å². The Kier molecular flexibility index (Phi) is 4.29. The van der Waals surface area contributed by atoms with E-state index in [9.17, 15) is 4.39 Å². The van der Waals surface area contributed by atoms with E-state index in [1.54, 1.807) is 6.07 Å². The second kappa shape index (κ2) is 5.94. The first kappa shape index (κ1) is 13.0. The fraction of sp³-hybridized carbons (Fsp3) is 0.500. The van der Waals surface area contributed by atoms with Crippen molar-refractivity contribution in [1.29, 1.82) is 5.26 Å². The van der Waals surface area contributed by atoms with Gasteiger partial charge >= 0.3 is 0 Å². The van der Waals surface area contributed by atoms with Gasteiger partial charge < -0.3 is 10.1 Å². The van der Waals surface area contributed by atoms with Crippen molar-refractivity contribution in [1.82, 2.24) is 5.32 Å². The number of ether oxygens (including phenoxy) is 1. The number of hydrogen-bond acceptors (Lipinski definition) is 3. The first-order valence-corrected chi connectivity index (χ1v) is 6.25. The third-order valence-electron chi connectivity index (χ3n) is 3.18. The van der Waals surface area contributed by atoms with Gasteiger partial charge in [0.2, 0.25) is 0 Å². The molecule has 1 fully saturated rings. The Balaban J connectivity index is 1.81. The Hall–Kier alpha value is -1.44. The lowest BCUT2D eigenvalue weighted by Crippen LogP contribution is -2.45. The smallest absolute Gasteiger partial charge is 0.124 e. The molecule has 3 nitrogen and oxygen atoms in total. The van der Waals surface area contributed by atoms with Gasteiger partial charge in [-0.25, -0.2) is 4.39 Å². The van der Waals surface area contributed by atoms with Crippen molar-refractivity contribution in [3.63, 3.8) is 0 Å². The van der Waals surface area contributed by atoms with Gasteiger partial charge in [0.25, 0.3) is 0 Å². The predicted octanol–water partition coefficient (Wildman–Crippen LogP) is 2.35. The van der Waals surface area contributed by atoms with Gasteiger partial charge in [0.15, 0.2) is 0 Å². The minimum Gasteiger partial charge on any atom is -0.378 e. The Labute approximate surface area is 107 Å². The average Bonchev–Trinajstić information content (AvgIpc) is 2.31. The predicted molar refractivity (Wildman–Crippen MR) is 66.4 cm³/mol. The Morgan fingerprint density at radius 1 is 1.44 bits per heavy atom. The minimum absolute atomic E-state index is 0.355. The summed E-state index contributed by atoms with van der Waals surface area (Å²) in [6.07, 6.45) is 2.39. The van der Waals surface area contributed by atoms with Gasteiger partial charge in [-0.05, 0) is 43.5 Å². The van der Waals surface area contributed by atoms with Gasteiger partial charge in [-0.2, -0.15) is 5.26 Å². The van der Waals surface area contributed by atoms with Crippen LogP contribution in [-0.2, 0) is 11.3 Å². The fourth-order valence-electron chi connectivity index (χ4n) is 2.18.